The quantitative estimate of drug-likeness (QED) is 0.848. The largest absolute Gasteiger partial charge is 0.378 e. The Bertz CT molecular complexity index is 468. The van der Waals surface area contributed by atoms with E-state index >= 15 is 0 Å². The molecule has 0 aliphatic heterocycles. The summed E-state index contributed by atoms with van der Waals surface area (Å²) in [7, 11) is 1.92. The molecule has 2 rings (SSSR count). The lowest BCUT2D eigenvalue weighted by atomic mass is 10.3. The molecule has 16 heavy (non-hydrogen) atoms. The third-order valence-corrected chi connectivity index (χ3v) is 2.64. The number of nitrogens with zero attached hydrogens (tertiary/aromatic N) is 4. The van der Waals surface area contributed by atoms with Gasteiger partial charge < -0.3 is 5.32 Å². The van der Waals surface area contributed by atoms with Crippen molar-refractivity contribution in [2.24, 2.45) is 7.05 Å². The van der Waals surface area contributed by atoms with E-state index < -0.39 is 0 Å². The fraction of sp³-hybridized carbons (Fsp3) is 0.455. The van der Waals surface area contributed by atoms with Gasteiger partial charge in [0, 0.05) is 31.9 Å². The molecule has 0 saturated heterocycles. The van der Waals surface area contributed by atoms with Crippen molar-refractivity contribution >= 4 is 5.69 Å². The van der Waals surface area contributed by atoms with Crippen LogP contribution in [0.15, 0.2) is 18.6 Å². The van der Waals surface area contributed by atoms with Gasteiger partial charge in [-0.05, 0) is 13.8 Å². The first-order chi connectivity index (χ1) is 7.70. The minimum absolute atomic E-state index is 0.782. The lowest BCUT2D eigenvalue weighted by Crippen LogP contribution is -2.02. The van der Waals surface area contributed by atoms with Gasteiger partial charge in [-0.15, -0.1) is 0 Å². The van der Waals surface area contributed by atoms with Crippen LogP contribution in [0.1, 0.15) is 18.2 Å². The monoisotopic (exact) mass is 219 g/mol. The summed E-state index contributed by atoms with van der Waals surface area (Å²) in [5.41, 5.74) is 3.43. The summed E-state index contributed by atoms with van der Waals surface area (Å²) in [5, 5.41) is 11.8. The van der Waals surface area contributed by atoms with Gasteiger partial charge in [-0.25, -0.2) is 0 Å². The first-order valence-electron chi connectivity index (χ1n) is 5.44. The molecule has 0 aliphatic carbocycles. The Hall–Kier alpha value is -1.78. The zero-order chi connectivity index (χ0) is 11.5. The summed E-state index contributed by atoms with van der Waals surface area (Å²) in [6.45, 7) is 5.84. The average molecular weight is 219 g/mol. The van der Waals surface area contributed by atoms with Crippen molar-refractivity contribution in [3.8, 4) is 0 Å². The third kappa shape index (κ3) is 2.08. The zero-order valence-electron chi connectivity index (χ0n) is 9.94. The molecule has 2 heterocycles. The van der Waals surface area contributed by atoms with Crippen LogP contribution in [-0.4, -0.2) is 19.6 Å². The number of anilines is 1. The van der Waals surface area contributed by atoms with E-state index in [1.807, 2.05) is 30.3 Å². The van der Waals surface area contributed by atoms with Crippen LogP contribution in [0.2, 0.25) is 0 Å². The molecular weight excluding hydrogens is 202 g/mol. The number of rotatable bonds is 4. The van der Waals surface area contributed by atoms with Gasteiger partial charge in [0.25, 0.3) is 0 Å². The topological polar surface area (TPSA) is 47.7 Å². The highest BCUT2D eigenvalue weighted by atomic mass is 15.3. The standard InChI is InChI=1S/C11H17N5/c1-4-16-9(2)11(7-14-16)12-5-10-6-13-15(3)8-10/h6-8,12H,4-5H2,1-3H3. The van der Waals surface area contributed by atoms with Gasteiger partial charge in [-0.2, -0.15) is 10.2 Å². The zero-order valence-corrected chi connectivity index (χ0v) is 9.94. The molecule has 0 atom stereocenters. The van der Waals surface area contributed by atoms with Crippen LogP contribution < -0.4 is 5.32 Å². The minimum Gasteiger partial charge on any atom is -0.378 e. The highest BCUT2D eigenvalue weighted by Gasteiger charge is 2.04. The Morgan fingerprint density at radius 1 is 1.31 bits per heavy atom. The predicted molar refractivity (Wildman–Crippen MR) is 63.2 cm³/mol. The maximum Gasteiger partial charge on any atom is 0.0758 e. The second-order valence-corrected chi connectivity index (χ2v) is 3.84. The average Bonchev–Trinajstić information content (AvgIpc) is 2.83. The maximum atomic E-state index is 4.29. The summed E-state index contributed by atoms with van der Waals surface area (Å²) in [6.07, 6.45) is 5.74. The minimum atomic E-state index is 0.782. The van der Waals surface area contributed by atoms with E-state index in [2.05, 4.69) is 29.4 Å². The number of aryl methyl sites for hydroxylation is 2. The molecule has 0 bridgehead atoms. The van der Waals surface area contributed by atoms with Gasteiger partial charge in [0.15, 0.2) is 0 Å². The third-order valence-electron chi connectivity index (χ3n) is 2.64. The fourth-order valence-electron chi connectivity index (χ4n) is 1.70. The van der Waals surface area contributed by atoms with E-state index in [-0.39, 0.29) is 0 Å². The van der Waals surface area contributed by atoms with Crippen LogP contribution in [0.5, 0.6) is 0 Å². The van der Waals surface area contributed by atoms with Crippen LogP contribution in [0.25, 0.3) is 0 Å². The molecule has 2 aromatic rings. The van der Waals surface area contributed by atoms with E-state index in [4.69, 9.17) is 0 Å². The molecule has 86 valence electrons. The second kappa shape index (κ2) is 4.38. The number of aromatic nitrogens is 4. The van der Waals surface area contributed by atoms with E-state index in [0.29, 0.717) is 0 Å². The smallest absolute Gasteiger partial charge is 0.0758 e. The van der Waals surface area contributed by atoms with Gasteiger partial charge >= 0.3 is 0 Å². The number of nitrogens with one attached hydrogen (secondary N) is 1. The summed E-state index contributed by atoms with van der Waals surface area (Å²) in [5.74, 6) is 0. The molecule has 0 aliphatic rings. The molecule has 0 spiro atoms. The fourth-order valence-corrected chi connectivity index (χ4v) is 1.70. The van der Waals surface area contributed by atoms with Crippen LogP contribution in [0, 0.1) is 6.92 Å². The maximum absolute atomic E-state index is 4.29. The highest BCUT2D eigenvalue weighted by Crippen LogP contribution is 2.14. The second-order valence-electron chi connectivity index (χ2n) is 3.84. The Balaban J connectivity index is 2.02. The van der Waals surface area contributed by atoms with E-state index in [0.717, 1.165) is 18.8 Å². The van der Waals surface area contributed by atoms with Crippen molar-refractivity contribution in [3.63, 3.8) is 0 Å². The van der Waals surface area contributed by atoms with Crippen molar-refractivity contribution in [2.45, 2.75) is 26.9 Å². The van der Waals surface area contributed by atoms with Crippen LogP contribution in [0.4, 0.5) is 5.69 Å². The summed E-state index contributed by atoms with van der Waals surface area (Å²) in [4.78, 5) is 0. The SMILES string of the molecule is CCn1ncc(NCc2cnn(C)c2)c1C. The highest BCUT2D eigenvalue weighted by molar-refractivity contribution is 5.46. The Morgan fingerprint density at radius 3 is 2.69 bits per heavy atom. The van der Waals surface area contributed by atoms with Gasteiger partial charge in [-0.1, -0.05) is 0 Å². The molecule has 0 amide bonds. The first-order valence-corrected chi connectivity index (χ1v) is 5.44. The predicted octanol–water partition coefficient (Wildman–Crippen LogP) is 1.56. The van der Waals surface area contributed by atoms with Gasteiger partial charge in [0.05, 0.1) is 23.8 Å². The molecule has 5 heteroatoms. The van der Waals surface area contributed by atoms with E-state index in [1.165, 1.54) is 11.3 Å². The molecular formula is C11H17N5. The van der Waals surface area contributed by atoms with E-state index in [9.17, 15) is 0 Å². The number of hydrogen-bond acceptors (Lipinski definition) is 3. The Morgan fingerprint density at radius 2 is 2.12 bits per heavy atom. The molecule has 0 unspecified atom stereocenters. The molecule has 1 N–H and O–H groups in total. The van der Waals surface area contributed by atoms with Crippen molar-refractivity contribution < 1.29 is 0 Å². The van der Waals surface area contributed by atoms with Crippen molar-refractivity contribution in [2.75, 3.05) is 5.32 Å². The van der Waals surface area contributed by atoms with Crippen LogP contribution in [0.3, 0.4) is 0 Å². The van der Waals surface area contributed by atoms with E-state index in [1.54, 1.807) is 4.68 Å². The molecule has 0 saturated carbocycles. The van der Waals surface area contributed by atoms with Crippen molar-refractivity contribution in [1.29, 1.82) is 0 Å². The normalized spacial score (nSPS) is 10.7. The Kier molecular flexibility index (Phi) is 2.94. The Labute approximate surface area is 95.1 Å². The van der Waals surface area contributed by atoms with Gasteiger partial charge in [0.2, 0.25) is 0 Å². The lowest BCUT2D eigenvalue weighted by molar-refractivity contribution is 0.640. The van der Waals surface area contributed by atoms with Crippen molar-refractivity contribution in [1.82, 2.24) is 19.6 Å². The van der Waals surface area contributed by atoms with Crippen LogP contribution >= 0.6 is 0 Å². The first kappa shape index (κ1) is 10.7. The van der Waals surface area contributed by atoms with Crippen LogP contribution in [-0.2, 0) is 20.1 Å². The molecule has 0 fully saturated rings. The molecule has 0 radical (unpaired) electrons. The molecule has 2 aromatic heterocycles. The molecule has 0 aromatic carbocycles. The number of hydrogen-bond donors (Lipinski definition) is 1. The summed E-state index contributed by atoms with van der Waals surface area (Å²) < 4.78 is 3.78. The summed E-state index contributed by atoms with van der Waals surface area (Å²) >= 11 is 0. The van der Waals surface area contributed by atoms with Gasteiger partial charge in [-0.3, -0.25) is 9.36 Å². The van der Waals surface area contributed by atoms with Crippen molar-refractivity contribution in [3.05, 3.63) is 29.8 Å². The molecule has 5 nitrogen and oxygen atoms in total. The van der Waals surface area contributed by atoms with Gasteiger partial charge in [0.1, 0.15) is 0 Å². The lowest BCUT2D eigenvalue weighted by Gasteiger charge is -2.04. The summed E-state index contributed by atoms with van der Waals surface area (Å²) in [6, 6.07) is 0.